The Morgan fingerprint density at radius 2 is 1.67 bits per heavy atom. The lowest BCUT2D eigenvalue weighted by Crippen LogP contribution is -1.99. The summed E-state index contributed by atoms with van der Waals surface area (Å²) in [5, 5.41) is 0. The Hall–Kier alpha value is -1.89. The maximum absolute atomic E-state index is 8.18. The number of aliphatic imine (C=N–C) groups is 1. The fourth-order valence-corrected chi connectivity index (χ4v) is 1.78. The summed E-state index contributed by atoms with van der Waals surface area (Å²) in [6.45, 7) is 0. The minimum absolute atomic E-state index is 0.349. The van der Waals surface area contributed by atoms with Gasteiger partial charge in [-0.05, 0) is 17.2 Å². The number of rotatable bonds is 1. The van der Waals surface area contributed by atoms with E-state index in [9.17, 15) is 0 Å². The number of nitrogens with zero attached hydrogens (tertiary/aromatic N) is 1. The SMILES string of the molecule is [2H]C1C(c2ccccc2)=Nc2ccccc21. The van der Waals surface area contributed by atoms with Crippen LogP contribution in [0.15, 0.2) is 59.6 Å². The minimum atomic E-state index is -0.349. The van der Waals surface area contributed by atoms with E-state index in [1.165, 1.54) is 0 Å². The number of hydrogen-bond acceptors (Lipinski definition) is 1. The van der Waals surface area contributed by atoms with Crippen LogP contribution in [-0.2, 0) is 6.40 Å². The molecule has 1 atom stereocenters. The third kappa shape index (κ3) is 1.46. The van der Waals surface area contributed by atoms with Crippen LogP contribution >= 0.6 is 0 Å². The smallest absolute Gasteiger partial charge is 0.0669 e. The van der Waals surface area contributed by atoms with Crippen LogP contribution in [-0.4, -0.2) is 5.71 Å². The van der Waals surface area contributed by atoms with E-state index in [4.69, 9.17) is 1.37 Å². The summed E-state index contributed by atoms with van der Waals surface area (Å²) < 4.78 is 8.18. The van der Waals surface area contributed by atoms with E-state index in [1.54, 1.807) is 0 Å². The topological polar surface area (TPSA) is 12.4 Å². The first-order chi connectivity index (χ1) is 7.86. The fraction of sp³-hybridized carbons (Fsp3) is 0.0714. The van der Waals surface area contributed by atoms with E-state index in [2.05, 4.69) is 4.99 Å². The molecule has 0 saturated heterocycles. The summed E-state index contributed by atoms with van der Waals surface area (Å²) >= 11 is 0. The van der Waals surface area contributed by atoms with Gasteiger partial charge in [-0.15, -0.1) is 0 Å². The molecular formula is C14H11N. The highest BCUT2D eigenvalue weighted by Gasteiger charge is 2.14. The van der Waals surface area contributed by atoms with Crippen LogP contribution in [0.2, 0.25) is 0 Å². The zero-order chi connectivity index (χ0) is 11.0. The molecule has 0 bridgehead atoms. The van der Waals surface area contributed by atoms with Gasteiger partial charge in [-0.2, -0.15) is 0 Å². The van der Waals surface area contributed by atoms with Crippen LogP contribution in [0.3, 0.4) is 0 Å². The highest BCUT2D eigenvalue weighted by molar-refractivity contribution is 6.06. The van der Waals surface area contributed by atoms with Crippen molar-refractivity contribution in [3.63, 3.8) is 0 Å². The van der Waals surface area contributed by atoms with Crippen molar-refractivity contribution in [3.05, 3.63) is 65.7 Å². The Kier molecular flexibility index (Phi) is 1.66. The normalized spacial score (nSPS) is 19.3. The third-order valence-corrected chi connectivity index (χ3v) is 2.54. The molecule has 15 heavy (non-hydrogen) atoms. The number of hydrogen-bond donors (Lipinski definition) is 0. The van der Waals surface area contributed by atoms with Gasteiger partial charge in [0.2, 0.25) is 0 Å². The van der Waals surface area contributed by atoms with Gasteiger partial charge in [0.25, 0.3) is 0 Å². The van der Waals surface area contributed by atoms with Crippen molar-refractivity contribution in [2.75, 3.05) is 0 Å². The standard InChI is InChI=1S/C14H11N/c1-2-6-11(7-3-1)14-10-12-8-4-5-9-13(12)15-14/h1-9H,10H2/i10D. The summed E-state index contributed by atoms with van der Waals surface area (Å²) in [6.07, 6.45) is -0.349. The summed E-state index contributed by atoms with van der Waals surface area (Å²) in [6, 6.07) is 17.8. The fourth-order valence-electron chi connectivity index (χ4n) is 1.78. The number of para-hydroxylation sites is 1. The molecule has 0 spiro atoms. The van der Waals surface area contributed by atoms with Crippen LogP contribution in [0, 0.1) is 0 Å². The molecule has 0 saturated carbocycles. The lowest BCUT2D eigenvalue weighted by atomic mass is 10.0. The van der Waals surface area contributed by atoms with Gasteiger partial charge in [-0.3, -0.25) is 4.99 Å². The molecule has 3 rings (SSSR count). The van der Waals surface area contributed by atoms with Gasteiger partial charge in [0.05, 0.1) is 11.4 Å². The molecular weight excluding hydrogens is 182 g/mol. The maximum atomic E-state index is 8.18. The summed E-state index contributed by atoms with van der Waals surface area (Å²) in [5.41, 5.74) is 3.82. The van der Waals surface area contributed by atoms with Crippen LogP contribution < -0.4 is 0 Å². The Morgan fingerprint density at radius 1 is 0.933 bits per heavy atom. The monoisotopic (exact) mass is 194 g/mol. The van der Waals surface area contributed by atoms with Crippen molar-refractivity contribution in [3.8, 4) is 0 Å². The van der Waals surface area contributed by atoms with E-state index in [1.807, 2.05) is 54.6 Å². The van der Waals surface area contributed by atoms with E-state index >= 15 is 0 Å². The molecule has 1 aliphatic heterocycles. The average Bonchev–Trinajstić information content (AvgIpc) is 2.69. The number of benzene rings is 2. The molecule has 0 aliphatic carbocycles. The molecule has 0 radical (unpaired) electrons. The molecule has 0 aromatic heterocycles. The van der Waals surface area contributed by atoms with Crippen LogP contribution in [0.5, 0.6) is 0 Å². The number of fused-ring (bicyclic) bond motifs is 1. The van der Waals surface area contributed by atoms with E-state index in [0.29, 0.717) is 0 Å². The summed E-state index contributed by atoms with van der Waals surface area (Å²) in [7, 11) is 0. The van der Waals surface area contributed by atoms with Crippen molar-refractivity contribution in [2.24, 2.45) is 4.99 Å². The van der Waals surface area contributed by atoms with Crippen molar-refractivity contribution >= 4 is 11.4 Å². The van der Waals surface area contributed by atoms with Crippen molar-refractivity contribution in [2.45, 2.75) is 6.40 Å². The molecule has 0 fully saturated rings. The molecule has 1 aliphatic rings. The first-order valence-electron chi connectivity index (χ1n) is 5.59. The first-order valence-corrected chi connectivity index (χ1v) is 5.01. The Bertz CT molecular complexity index is 546. The lowest BCUT2D eigenvalue weighted by molar-refractivity contribution is 1.39. The van der Waals surface area contributed by atoms with Gasteiger partial charge in [0.1, 0.15) is 0 Å². The maximum Gasteiger partial charge on any atom is 0.0669 e. The van der Waals surface area contributed by atoms with Crippen molar-refractivity contribution < 1.29 is 1.37 Å². The van der Waals surface area contributed by atoms with Gasteiger partial charge in [-0.1, -0.05) is 48.5 Å². The highest BCUT2D eigenvalue weighted by atomic mass is 14.8. The zero-order valence-electron chi connectivity index (χ0n) is 9.22. The molecule has 2 aromatic carbocycles. The first kappa shape index (κ1) is 7.41. The molecule has 72 valence electrons. The Labute approximate surface area is 90.5 Å². The largest absolute Gasteiger partial charge is 0.252 e. The second-order valence-electron chi connectivity index (χ2n) is 3.57. The Morgan fingerprint density at radius 3 is 2.47 bits per heavy atom. The van der Waals surface area contributed by atoms with E-state index in [-0.39, 0.29) is 6.40 Å². The van der Waals surface area contributed by atoms with Gasteiger partial charge in [0.15, 0.2) is 0 Å². The molecule has 0 amide bonds. The zero-order valence-corrected chi connectivity index (χ0v) is 8.22. The highest BCUT2D eigenvalue weighted by Crippen LogP contribution is 2.27. The van der Waals surface area contributed by atoms with Crippen LogP contribution in [0.1, 0.15) is 12.5 Å². The molecule has 0 N–H and O–H groups in total. The van der Waals surface area contributed by atoms with Crippen molar-refractivity contribution in [1.82, 2.24) is 0 Å². The predicted octanol–water partition coefficient (Wildman–Crippen LogP) is 3.36. The van der Waals surface area contributed by atoms with E-state index < -0.39 is 0 Å². The van der Waals surface area contributed by atoms with Gasteiger partial charge >= 0.3 is 0 Å². The molecule has 1 heteroatoms. The summed E-state index contributed by atoms with van der Waals surface area (Å²) in [5.74, 6) is 0. The third-order valence-electron chi connectivity index (χ3n) is 2.54. The molecule has 1 nitrogen and oxygen atoms in total. The van der Waals surface area contributed by atoms with Gasteiger partial charge < -0.3 is 0 Å². The minimum Gasteiger partial charge on any atom is -0.252 e. The molecule has 1 heterocycles. The second-order valence-corrected chi connectivity index (χ2v) is 3.57. The quantitative estimate of drug-likeness (QED) is 0.660. The van der Waals surface area contributed by atoms with Crippen molar-refractivity contribution in [1.29, 1.82) is 0 Å². The Balaban J connectivity index is 2.09. The lowest BCUT2D eigenvalue weighted by Gasteiger charge is -1.98. The predicted molar refractivity (Wildman–Crippen MR) is 62.8 cm³/mol. The van der Waals surface area contributed by atoms with Gasteiger partial charge in [0, 0.05) is 7.77 Å². The second kappa shape index (κ2) is 3.35. The molecule has 2 aromatic rings. The summed E-state index contributed by atoms with van der Waals surface area (Å²) in [4.78, 5) is 4.53. The van der Waals surface area contributed by atoms with E-state index in [0.717, 1.165) is 22.5 Å². The van der Waals surface area contributed by atoms with Crippen LogP contribution in [0.25, 0.3) is 0 Å². The van der Waals surface area contributed by atoms with Crippen LogP contribution in [0.4, 0.5) is 5.69 Å². The van der Waals surface area contributed by atoms with Gasteiger partial charge in [-0.25, -0.2) is 0 Å². The molecule has 1 unspecified atom stereocenters. The average molecular weight is 194 g/mol.